The topological polar surface area (TPSA) is 122 Å². The Balaban J connectivity index is 1.64. The fourth-order valence-corrected chi connectivity index (χ4v) is 3.82. The van der Waals surface area contributed by atoms with Crippen molar-refractivity contribution in [2.75, 3.05) is 19.0 Å². The Kier molecular flexibility index (Phi) is 6.29. The lowest BCUT2D eigenvalue weighted by molar-refractivity contribution is -0.141. The molecule has 1 aromatic heterocycles. The molecule has 182 valence electrons. The molecule has 12 heteroatoms. The fraction of sp³-hybridized carbons (Fsp3) is 0.261. The highest BCUT2D eigenvalue weighted by atomic mass is 19.4. The number of hydrogen-bond donors (Lipinski definition) is 2. The van der Waals surface area contributed by atoms with Crippen LogP contribution >= 0.6 is 0 Å². The molecule has 2 aromatic carbocycles. The van der Waals surface area contributed by atoms with Crippen LogP contribution in [0, 0.1) is 0 Å². The lowest BCUT2D eigenvalue weighted by Crippen LogP contribution is -2.40. The molecule has 9 nitrogen and oxygen atoms in total. The number of amides is 1. The van der Waals surface area contributed by atoms with Crippen molar-refractivity contribution < 1.29 is 37.4 Å². The van der Waals surface area contributed by atoms with Gasteiger partial charge < -0.3 is 20.1 Å². The number of likely N-dealkylation sites (tertiary alicyclic amines) is 1. The number of ether oxygens (including phenoxy) is 1. The number of aliphatic carboxylic acids is 1. The number of aromatic nitrogens is 2. The van der Waals surface area contributed by atoms with E-state index in [9.17, 15) is 32.7 Å². The molecule has 0 saturated carbocycles. The van der Waals surface area contributed by atoms with E-state index in [0.717, 1.165) is 25.3 Å². The largest absolute Gasteiger partial charge is 0.480 e. The molecular weight excluding hydrogens is 469 g/mol. The van der Waals surface area contributed by atoms with Crippen LogP contribution in [0.25, 0.3) is 11.0 Å². The van der Waals surface area contributed by atoms with Crippen LogP contribution in [0.2, 0.25) is 0 Å². The number of nitrogens with zero attached hydrogens (tertiary/aromatic N) is 3. The lowest BCUT2D eigenvalue weighted by atomic mass is 10.1. The number of carbonyl (C=O) groups is 3. The molecular formula is C23H19F3N4O5. The zero-order valence-corrected chi connectivity index (χ0v) is 18.3. The van der Waals surface area contributed by atoms with E-state index in [1.807, 2.05) is 0 Å². The normalized spacial score (nSPS) is 15.8. The second-order valence-electron chi connectivity index (χ2n) is 7.81. The lowest BCUT2D eigenvalue weighted by Gasteiger charge is -2.21. The minimum absolute atomic E-state index is 0.0727. The highest BCUT2D eigenvalue weighted by Crippen LogP contribution is 2.32. The van der Waals surface area contributed by atoms with E-state index in [1.54, 1.807) is 0 Å². The number of halogens is 3. The van der Waals surface area contributed by atoms with Crippen LogP contribution in [-0.4, -0.2) is 57.5 Å². The average Bonchev–Trinajstić information content (AvgIpc) is 3.32. The molecule has 1 unspecified atom stereocenters. The number of carboxylic acid groups (broad SMARTS) is 1. The quantitative estimate of drug-likeness (QED) is 0.519. The van der Waals surface area contributed by atoms with Crippen molar-refractivity contribution in [2.24, 2.45) is 0 Å². The van der Waals surface area contributed by atoms with E-state index in [4.69, 9.17) is 4.74 Å². The summed E-state index contributed by atoms with van der Waals surface area (Å²) in [5, 5.41) is 12.1. The number of carboxylic acids is 1. The van der Waals surface area contributed by atoms with E-state index in [0.29, 0.717) is 25.1 Å². The highest BCUT2D eigenvalue weighted by Gasteiger charge is 2.34. The van der Waals surface area contributed by atoms with Crippen molar-refractivity contribution in [3.8, 4) is 0 Å². The average molecular weight is 488 g/mol. The summed E-state index contributed by atoms with van der Waals surface area (Å²) in [5.41, 5.74) is -0.541. The molecule has 1 aliphatic rings. The predicted octanol–water partition coefficient (Wildman–Crippen LogP) is 3.87. The van der Waals surface area contributed by atoms with Gasteiger partial charge in [0.05, 0.1) is 23.7 Å². The molecule has 4 rings (SSSR count). The third-order valence-electron chi connectivity index (χ3n) is 5.56. The van der Waals surface area contributed by atoms with Gasteiger partial charge in [-0.1, -0.05) is 0 Å². The van der Waals surface area contributed by atoms with E-state index >= 15 is 0 Å². The molecule has 35 heavy (non-hydrogen) atoms. The Hall–Kier alpha value is -4.22. The second-order valence-corrected chi connectivity index (χ2v) is 7.81. The van der Waals surface area contributed by atoms with Crippen LogP contribution in [-0.2, 0) is 15.7 Å². The summed E-state index contributed by atoms with van der Waals surface area (Å²) in [4.78, 5) is 45.9. The first-order chi connectivity index (χ1) is 16.6. The Morgan fingerprint density at radius 1 is 1.09 bits per heavy atom. The number of nitrogens with one attached hydrogen (secondary N) is 1. The van der Waals surface area contributed by atoms with Gasteiger partial charge in [-0.15, -0.1) is 0 Å². The molecule has 1 aliphatic heterocycles. The van der Waals surface area contributed by atoms with Gasteiger partial charge >= 0.3 is 18.1 Å². The summed E-state index contributed by atoms with van der Waals surface area (Å²) in [7, 11) is 1.13. The predicted molar refractivity (Wildman–Crippen MR) is 117 cm³/mol. The number of alkyl halides is 3. The summed E-state index contributed by atoms with van der Waals surface area (Å²) >= 11 is 0. The highest BCUT2D eigenvalue weighted by molar-refractivity contribution is 5.98. The number of esters is 1. The van der Waals surface area contributed by atoms with Crippen LogP contribution in [0.15, 0.2) is 42.5 Å². The minimum atomic E-state index is -4.58. The molecule has 1 fully saturated rings. The van der Waals surface area contributed by atoms with Gasteiger partial charge in [0.15, 0.2) is 11.5 Å². The SMILES string of the molecule is COC(=O)c1nc2ccc(C(F)(F)F)cc2nc1Nc1ccc(C(=O)N2CCCC2C(=O)O)cc1. The Labute approximate surface area is 196 Å². The zero-order chi connectivity index (χ0) is 25.3. The molecule has 1 atom stereocenters. The summed E-state index contributed by atoms with van der Waals surface area (Å²) in [6.45, 7) is 0.338. The third-order valence-corrected chi connectivity index (χ3v) is 5.56. The van der Waals surface area contributed by atoms with Crippen LogP contribution < -0.4 is 5.32 Å². The fourth-order valence-electron chi connectivity index (χ4n) is 3.82. The third kappa shape index (κ3) is 4.86. The maximum Gasteiger partial charge on any atom is 0.416 e. The van der Waals surface area contributed by atoms with Gasteiger partial charge in [-0.25, -0.2) is 19.6 Å². The van der Waals surface area contributed by atoms with Gasteiger partial charge in [0.2, 0.25) is 0 Å². The molecule has 0 aliphatic carbocycles. The molecule has 0 bridgehead atoms. The van der Waals surface area contributed by atoms with Crippen LogP contribution in [0.3, 0.4) is 0 Å². The van der Waals surface area contributed by atoms with Gasteiger partial charge in [-0.05, 0) is 55.3 Å². The van der Waals surface area contributed by atoms with Crippen LogP contribution in [0.1, 0.15) is 39.3 Å². The standard InChI is InChI=1S/C23H19F3N4O5/c1-35-22(34)18-19(29-16-11-13(23(24,25)26)6-9-15(16)28-18)27-14-7-4-12(5-8-14)20(31)30-10-2-3-17(30)21(32)33/h4-9,11,17H,2-3,10H2,1H3,(H,27,29)(H,32,33). The monoisotopic (exact) mass is 488 g/mol. The first-order valence-electron chi connectivity index (χ1n) is 10.5. The van der Waals surface area contributed by atoms with Gasteiger partial charge in [-0.3, -0.25) is 4.79 Å². The Morgan fingerprint density at radius 2 is 1.80 bits per heavy atom. The Morgan fingerprint density at radius 3 is 2.43 bits per heavy atom. The first kappa shape index (κ1) is 23.9. The number of fused-ring (bicyclic) bond motifs is 1. The molecule has 2 heterocycles. The van der Waals surface area contributed by atoms with Crippen molar-refractivity contribution in [3.63, 3.8) is 0 Å². The number of rotatable bonds is 5. The van der Waals surface area contributed by atoms with E-state index in [1.165, 1.54) is 29.2 Å². The first-order valence-corrected chi connectivity index (χ1v) is 10.5. The summed E-state index contributed by atoms with van der Waals surface area (Å²) in [5.74, 6) is -2.47. The second kappa shape index (κ2) is 9.20. The van der Waals surface area contributed by atoms with Gasteiger partial charge in [0, 0.05) is 17.8 Å². The van der Waals surface area contributed by atoms with Gasteiger partial charge in [0.1, 0.15) is 6.04 Å². The smallest absolute Gasteiger partial charge is 0.416 e. The number of benzene rings is 2. The number of anilines is 2. The number of carbonyl (C=O) groups excluding carboxylic acids is 2. The van der Waals surface area contributed by atoms with Crippen molar-refractivity contribution in [1.82, 2.24) is 14.9 Å². The maximum atomic E-state index is 13.1. The van der Waals surface area contributed by atoms with Crippen molar-refractivity contribution >= 4 is 40.4 Å². The number of hydrogen-bond acceptors (Lipinski definition) is 7. The molecule has 1 amide bonds. The minimum Gasteiger partial charge on any atom is -0.480 e. The van der Waals surface area contributed by atoms with E-state index in [-0.39, 0.29) is 28.1 Å². The van der Waals surface area contributed by atoms with E-state index < -0.39 is 35.6 Å². The Bertz CT molecular complexity index is 1310. The van der Waals surface area contributed by atoms with Crippen molar-refractivity contribution in [3.05, 3.63) is 59.3 Å². The molecule has 1 saturated heterocycles. The molecule has 3 aromatic rings. The molecule has 2 N–H and O–H groups in total. The van der Waals surface area contributed by atoms with E-state index in [2.05, 4.69) is 15.3 Å². The van der Waals surface area contributed by atoms with Crippen LogP contribution in [0.5, 0.6) is 0 Å². The van der Waals surface area contributed by atoms with Crippen molar-refractivity contribution in [2.45, 2.75) is 25.1 Å². The van der Waals surface area contributed by atoms with Crippen molar-refractivity contribution in [1.29, 1.82) is 0 Å². The zero-order valence-electron chi connectivity index (χ0n) is 18.3. The molecule has 0 spiro atoms. The summed E-state index contributed by atoms with van der Waals surface area (Å²) in [6, 6.07) is 7.84. The maximum absolute atomic E-state index is 13.1. The van der Waals surface area contributed by atoms with Gasteiger partial charge in [-0.2, -0.15) is 13.2 Å². The number of methoxy groups -OCH3 is 1. The summed E-state index contributed by atoms with van der Waals surface area (Å²) < 4.78 is 44.0. The van der Waals surface area contributed by atoms with Gasteiger partial charge in [0.25, 0.3) is 5.91 Å². The molecule has 0 radical (unpaired) electrons. The summed E-state index contributed by atoms with van der Waals surface area (Å²) in [6.07, 6.45) is -3.61. The van der Waals surface area contributed by atoms with Crippen LogP contribution in [0.4, 0.5) is 24.7 Å².